The van der Waals surface area contributed by atoms with Gasteiger partial charge in [-0.15, -0.1) is 0 Å². The van der Waals surface area contributed by atoms with E-state index >= 15 is 0 Å². The quantitative estimate of drug-likeness (QED) is 0.549. The number of amides is 2. The summed E-state index contributed by atoms with van der Waals surface area (Å²) in [5.74, 6) is -2.10. The summed E-state index contributed by atoms with van der Waals surface area (Å²) >= 11 is 6.14. The van der Waals surface area contributed by atoms with Gasteiger partial charge in [0.1, 0.15) is 31.2 Å². The Balaban J connectivity index is 1.55. The van der Waals surface area contributed by atoms with E-state index in [0.717, 1.165) is 12.1 Å². The Hall–Kier alpha value is -3.79. The lowest BCUT2D eigenvalue weighted by atomic mass is 10.1. The van der Waals surface area contributed by atoms with Crippen LogP contribution in [0.25, 0.3) is 0 Å². The molecule has 0 unspecified atom stereocenters. The van der Waals surface area contributed by atoms with Crippen LogP contribution in [0.3, 0.4) is 0 Å². The molecule has 34 heavy (non-hydrogen) atoms. The van der Waals surface area contributed by atoms with Crippen LogP contribution in [0.2, 0.25) is 5.02 Å². The van der Waals surface area contributed by atoms with E-state index in [0.29, 0.717) is 16.9 Å². The Morgan fingerprint density at radius 2 is 1.76 bits per heavy atom. The van der Waals surface area contributed by atoms with Gasteiger partial charge in [0, 0.05) is 25.5 Å². The standard InChI is InChI=1S/C23H19ClF2N4O4/c1-13(31)29-12-30(14(2)32)20-7-15(3-6-19(20)29)9-28-11-27-22(21(24)23(28)33)34-10-16-4-5-17(25)8-18(16)26/h3-8,11H,9-10,12H2,1-2H3. The monoisotopic (exact) mass is 488 g/mol. The molecule has 0 spiro atoms. The second kappa shape index (κ2) is 9.22. The Morgan fingerprint density at radius 3 is 2.44 bits per heavy atom. The molecule has 8 nitrogen and oxygen atoms in total. The van der Waals surface area contributed by atoms with Crippen LogP contribution in [0.5, 0.6) is 5.88 Å². The minimum absolute atomic E-state index is 0.0798. The largest absolute Gasteiger partial charge is 0.471 e. The van der Waals surface area contributed by atoms with Crippen LogP contribution in [0.4, 0.5) is 20.2 Å². The van der Waals surface area contributed by atoms with Crippen molar-refractivity contribution in [2.75, 3.05) is 16.5 Å². The summed E-state index contributed by atoms with van der Waals surface area (Å²) in [5.41, 5.74) is 1.34. The minimum atomic E-state index is -0.788. The average Bonchev–Trinajstić information content (AvgIpc) is 3.17. The minimum Gasteiger partial charge on any atom is -0.471 e. The van der Waals surface area contributed by atoms with Gasteiger partial charge in [-0.1, -0.05) is 17.7 Å². The fourth-order valence-corrected chi connectivity index (χ4v) is 3.80. The second-order valence-corrected chi connectivity index (χ2v) is 8.06. The van der Waals surface area contributed by atoms with Gasteiger partial charge >= 0.3 is 0 Å². The molecule has 0 aliphatic carbocycles. The van der Waals surface area contributed by atoms with Crippen LogP contribution >= 0.6 is 11.6 Å². The van der Waals surface area contributed by atoms with Gasteiger partial charge in [0.25, 0.3) is 5.56 Å². The molecule has 11 heteroatoms. The number of fused-ring (bicyclic) bond motifs is 1. The number of halogens is 3. The normalized spacial score (nSPS) is 12.6. The molecule has 0 bridgehead atoms. The molecule has 176 valence electrons. The first kappa shape index (κ1) is 23.4. The highest BCUT2D eigenvalue weighted by molar-refractivity contribution is 6.31. The van der Waals surface area contributed by atoms with Crippen molar-refractivity contribution in [2.45, 2.75) is 27.0 Å². The number of hydrogen-bond donors (Lipinski definition) is 0. The summed E-state index contributed by atoms with van der Waals surface area (Å²) in [5, 5.41) is -0.292. The summed E-state index contributed by atoms with van der Waals surface area (Å²) in [6.45, 7) is 2.75. The zero-order valence-corrected chi connectivity index (χ0v) is 19.0. The van der Waals surface area contributed by atoms with Gasteiger partial charge in [0.2, 0.25) is 17.7 Å². The molecule has 0 saturated heterocycles. The van der Waals surface area contributed by atoms with Gasteiger partial charge in [-0.2, -0.15) is 0 Å². The molecule has 1 aliphatic rings. The second-order valence-electron chi connectivity index (χ2n) is 7.68. The zero-order valence-electron chi connectivity index (χ0n) is 18.2. The van der Waals surface area contributed by atoms with Gasteiger partial charge in [0.05, 0.1) is 17.9 Å². The summed E-state index contributed by atoms with van der Waals surface area (Å²) in [4.78, 5) is 43.7. The maximum absolute atomic E-state index is 13.8. The van der Waals surface area contributed by atoms with Crippen molar-refractivity contribution >= 4 is 34.8 Å². The lowest BCUT2D eigenvalue weighted by Crippen LogP contribution is -2.36. The Kier molecular flexibility index (Phi) is 6.34. The average molecular weight is 489 g/mol. The van der Waals surface area contributed by atoms with Gasteiger partial charge in [0.15, 0.2) is 5.02 Å². The number of carbonyl (C=O) groups excluding carboxylic acids is 2. The van der Waals surface area contributed by atoms with E-state index in [2.05, 4.69) is 4.98 Å². The lowest BCUT2D eigenvalue weighted by Gasteiger charge is -2.15. The van der Waals surface area contributed by atoms with Crippen molar-refractivity contribution in [3.05, 3.63) is 80.9 Å². The molecular formula is C23H19ClF2N4O4. The molecule has 1 aliphatic heterocycles. The van der Waals surface area contributed by atoms with E-state index in [1.807, 2.05) is 0 Å². The summed E-state index contributed by atoms with van der Waals surface area (Å²) in [6.07, 6.45) is 1.24. The number of rotatable bonds is 5. The fourth-order valence-electron chi connectivity index (χ4n) is 3.59. The van der Waals surface area contributed by atoms with Crippen molar-refractivity contribution in [3.8, 4) is 5.88 Å². The van der Waals surface area contributed by atoms with Crippen LogP contribution in [-0.4, -0.2) is 28.0 Å². The smallest absolute Gasteiger partial charge is 0.276 e. The summed E-state index contributed by atoms with van der Waals surface area (Å²) < 4.78 is 33.5. The van der Waals surface area contributed by atoms with E-state index in [9.17, 15) is 23.2 Å². The van der Waals surface area contributed by atoms with Crippen LogP contribution in [0, 0.1) is 11.6 Å². The SMILES string of the molecule is CC(=O)N1CN(C(C)=O)c2cc(Cn3cnc(OCc4ccc(F)cc4F)c(Cl)c3=O)ccc21. The predicted octanol–water partition coefficient (Wildman–Crippen LogP) is 3.48. The lowest BCUT2D eigenvalue weighted by molar-refractivity contribution is -0.117. The van der Waals surface area contributed by atoms with Crippen molar-refractivity contribution in [1.29, 1.82) is 0 Å². The van der Waals surface area contributed by atoms with E-state index in [4.69, 9.17) is 16.3 Å². The van der Waals surface area contributed by atoms with Gasteiger partial charge in [-0.3, -0.25) is 28.8 Å². The van der Waals surface area contributed by atoms with Crippen LogP contribution in [0.15, 0.2) is 47.5 Å². The molecule has 2 heterocycles. The molecule has 3 aromatic rings. The topological polar surface area (TPSA) is 84.7 Å². The summed E-state index contributed by atoms with van der Waals surface area (Å²) in [7, 11) is 0. The van der Waals surface area contributed by atoms with E-state index in [1.165, 1.54) is 40.6 Å². The zero-order chi connectivity index (χ0) is 24.6. The molecule has 0 radical (unpaired) electrons. The number of carbonyl (C=O) groups is 2. The molecule has 0 N–H and O–H groups in total. The van der Waals surface area contributed by atoms with Gasteiger partial charge in [-0.25, -0.2) is 13.8 Å². The molecule has 2 amide bonds. The molecule has 2 aromatic carbocycles. The highest BCUT2D eigenvalue weighted by Gasteiger charge is 2.30. The van der Waals surface area contributed by atoms with Crippen LogP contribution in [0.1, 0.15) is 25.0 Å². The highest BCUT2D eigenvalue weighted by atomic mass is 35.5. The van der Waals surface area contributed by atoms with Crippen LogP contribution in [-0.2, 0) is 22.7 Å². The Labute approximate surface area is 197 Å². The highest BCUT2D eigenvalue weighted by Crippen LogP contribution is 2.37. The third-order valence-electron chi connectivity index (χ3n) is 5.35. The van der Waals surface area contributed by atoms with E-state index < -0.39 is 17.2 Å². The van der Waals surface area contributed by atoms with E-state index in [-0.39, 0.29) is 48.1 Å². The fraction of sp³-hybridized carbons (Fsp3) is 0.217. The number of ether oxygens (including phenoxy) is 1. The third kappa shape index (κ3) is 4.49. The summed E-state index contributed by atoms with van der Waals surface area (Å²) in [6, 6.07) is 8.22. The number of benzene rings is 2. The van der Waals surface area contributed by atoms with Crippen molar-refractivity contribution in [2.24, 2.45) is 0 Å². The first-order valence-electron chi connectivity index (χ1n) is 10.2. The molecule has 4 rings (SSSR count). The molecule has 0 saturated carbocycles. The number of hydrogen-bond acceptors (Lipinski definition) is 5. The number of aromatic nitrogens is 2. The molecular weight excluding hydrogens is 470 g/mol. The van der Waals surface area contributed by atoms with Crippen LogP contribution < -0.4 is 20.1 Å². The first-order chi connectivity index (χ1) is 16.2. The molecule has 0 fully saturated rings. The Morgan fingerprint density at radius 1 is 1.06 bits per heavy atom. The number of anilines is 2. The van der Waals surface area contributed by atoms with Gasteiger partial charge in [-0.05, 0) is 29.8 Å². The van der Waals surface area contributed by atoms with Crippen molar-refractivity contribution in [3.63, 3.8) is 0 Å². The first-order valence-corrected chi connectivity index (χ1v) is 10.5. The Bertz CT molecular complexity index is 1360. The maximum Gasteiger partial charge on any atom is 0.276 e. The molecule has 0 atom stereocenters. The van der Waals surface area contributed by atoms with Crippen molar-refractivity contribution < 1.29 is 23.1 Å². The van der Waals surface area contributed by atoms with Gasteiger partial charge < -0.3 is 4.74 Å². The van der Waals surface area contributed by atoms with E-state index in [1.54, 1.807) is 18.2 Å². The third-order valence-corrected chi connectivity index (χ3v) is 5.67. The molecule has 1 aromatic heterocycles. The predicted molar refractivity (Wildman–Crippen MR) is 121 cm³/mol. The van der Waals surface area contributed by atoms with Crippen molar-refractivity contribution in [1.82, 2.24) is 9.55 Å². The number of nitrogens with zero attached hydrogens (tertiary/aromatic N) is 4. The maximum atomic E-state index is 13.8.